The van der Waals surface area contributed by atoms with E-state index < -0.39 is 0 Å². The van der Waals surface area contributed by atoms with Crippen molar-refractivity contribution in [2.75, 3.05) is 7.11 Å². The van der Waals surface area contributed by atoms with E-state index in [2.05, 4.69) is 42.4 Å². The SMILES string of the molecule is COc1cc(CN2C3CCC2c2cnc4cc(C(C)(C)C)nn4c2C3)ccc1O. The van der Waals surface area contributed by atoms with E-state index in [0.29, 0.717) is 17.8 Å². The Bertz CT molecular complexity index is 1080. The number of hydrogen-bond donors (Lipinski definition) is 1. The van der Waals surface area contributed by atoms with Gasteiger partial charge in [0.25, 0.3) is 0 Å². The van der Waals surface area contributed by atoms with Gasteiger partial charge in [-0.1, -0.05) is 26.8 Å². The number of phenols is 1. The Morgan fingerprint density at radius 2 is 2.03 bits per heavy atom. The summed E-state index contributed by atoms with van der Waals surface area (Å²) in [5.41, 5.74) is 5.83. The van der Waals surface area contributed by atoms with Gasteiger partial charge >= 0.3 is 0 Å². The molecule has 152 valence electrons. The molecule has 6 heteroatoms. The third kappa shape index (κ3) is 2.97. The molecule has 1 N–H and O–H groups in total. The number of methoxy groups -OCH3 is 1. The van der Waals surface area contributed by atoms with Crippen molar-refractivity contribution in [3.8, 4) is 11.5 Å². The van der Waals surface area contributed by atoms with E-state index in [1.807, 2.05) is 12.1 Å². The van der Waals surface area contributed by atoms with E-state index in [1.54, 1.807) is 13.2 Å². The lowest BCUT2D eigenvalue weighted by Gasteiger charge is -2.36. The van der Waals surface area contributed by atoms with Crippen LogP contribution in [0.1, 0.15) is 62.2 Å². The van der Waals surface area contributed by atoms with Crippen LogP contribution in [-0.4, -0.2) is 37.8 Å². The Morgan fingerprint density at radius 1 is 1.21 bits per heavy atom. The molecule has 0 radical (unpaired) electrons. The smallest absolute Gasteiger partial charge is 0.160 e. The van der Waals surface area contributed by atoms with Crippen molar-refractivity contribution in [3.63, 3.8) is 0 Å². The molecule has 2 aliphatic heterocycles. The number of nitrogens with zero attached hydrogens (tertiary/aromatic N) is 4. The highest BCUT2D eigenvalue weighted by molar-refractivity contribution is 5.46. The van der Waals surface area contributed by atoms with Gasteiger partial charge in [0.1, 0.15) is 0 Å². The van der Waals surface area contributed by atoms with Crippen LogP contribution in [0, 0.1) is 0 Å². The fraction of sp³-hybridized carbons (Fsp3) is 0.478. The number of hydrogen-bond acceptors (Lipinski definition) is 5. The minimum Gasteiger partial charge on any atom is -0.504 e. The lowest BCUT2D eigenvalue weighted by Crippen LogP contribution is -2.38. The minimum atomic E-state index is 0.0121. The molecule has 1 aromatic carbocycles. The highest BCUT2D eigenvalue weighted by atomic mass is 16.5. The van der Waals surface area contributed by atoms with Gasteiger partial charge in [-0.2, -0.15) is 5.10 Å². The second kappa shape index (κ2) is 6.46. The van der Waals surface area contributed by atoms with Crippen LogP contribution in [-0.2, 0) is 18.4 Å². The molecule has 2 atom stereocenters. The summed E-state index contributed by atoms with van der Waals surface area (Å²) in [5.74, 6) is 0.713. The second-order valence-electron chi connectivity index (χ2n) is 9.34. The third-order valence-corrected chi connectivity index (χ3v) is 6.42. The fourth-order valence-electron chi connectivity index (χ4n) is 4.83. The summed E-state index contributed by atoms with van der Waals surface area (Å²) in [4.78, 5) is 7.33. The van der Waals surface area contributed by atoms with Crippen LogP contribution in [0.4, 0.5) is 0 Å². The van der Waals surface area contributed by atoms with Crippen molar-refractivity contribution in [3.05, 3.63) is 53.0 Å². The van der Waals surface area contributed by atoms with Crippen molar-refractivity contribution in [2.24, 2.45) is 0 Å². The predicted octanol–water partition coefficient (Wildman–Crippen LogP) is 4.00. The molecule has 2 aromatic heterocycles. The Kier molecular flexibility index (Phi) is 4.10. The first kappa shape index (κ1) is 18.4. The number of phenolic OH excluding ortho intramolecular Hbond substituents is 1. The zero-order chi connectivity index (χ0) is 20.3. The average Bonchev–Trinajstić information content (AvgIpc) is 3.24. The summed E-state index contributed by atoms with van der Waals surface area (Å²) < 4.78 is 7.37. The molecule has 2 aliphatic rings. The summed E-state index contributed by atoms with van der Waals surface area (Å²) in [6.45, 7) is 7.42. The molecule has 3 aromatic rings. The number of benzene rings is 1. The maximum Gasteiger partial charge on any atom is 0.160 e. The van der Waals surface area contributed by atoms with Crippen LogP contribution in [0.5, 0.6) is 11.5 Å². The van der Waals surface area contributed by atoms with Gasteiger partial charge in [0, 0.05) is 48.3 Å². The van der Waals surface area contributed by atoms with E-state index >= 15 is 0 Å². The van der Waals surface area contributed by atoms with Gasteiger partial charge < -0.3 is 9.84 Å². The van der Waals surface area contributed by atoms with Crippen LogP contribution >= 0.6 is 0 Å². The number of rotatable bonds is 3. The Morgan fingerprint density at radius 3 is 2.79 bits per heavy atom. The lowest BCUT2D eigenvalue weighted by molar-refractivity contribution is 0.165. The zero-order valence-electron chi connectivity index (χ0n) is 17.5. The van der Waals surface area contributed by atoms with Gasteiger partial charge in [0.05, 0.1) is 18.5 Å². The fourth-order valence-corrected chi connectivity index (χ4v) is 4.83. The molecule has 4 heterocycles. The Hall–Kier alpha value is -2.60. The Labute approximate surface area is 171 Å². The molecule has 0 saturated carbocycles. The molecule has 6 nitrogen and oxygen atoms in total. The topological polar surface area (TPSA) is 62.9 Å². The standard InChI is InChI=1S/C23H28N4O2/c1-23(2,3)21-11-22-24-12-16-17-7-6-15(10-18(16)27(22)25-21)26(17)13-14-5-8-19(28)20(9-14)29-4/h5,8-9,11-12,15,17,28H,6-7,10,13H2,1-4H3. The maximum absolute atomic E-state index is 9.89. The largest absolute Gasteiger partial charge is 0.504 e. The quantitative estimate of drug-likeness (QED) is 0.730. The summed E-state index contributed by atoms with van der Waals surface area (Å²) >= 11 is 0. The van der Waals surface area contributed by atoms with E-state index in [0.717, 1.165) is 36.3 Å². The highest BCUT2D eigenvalue weighted by Crippen LogP contribution is 2.44. The van der Waals surface area contributed by atoms with E-state index in [4.69, 9.17) is 14.8 Å². The van der Waals surface area contributed by atoms with Crippen LogP contribution in [0.25, 0.3) is 5.65 Å². The molecule has 1 saturated heterocycles. The average molecular weight is 393 g/mol. The molecule has 2 unspecified atom stereocenters. The lowest BCUT2D eigenvalue weighted by atomic mass is 9.93. The Balaban J connectivity index is 1.50. The zero-order valence-corrected chi connectivity index (χ0v) is 17.5. The molecule has 2 bridgehead atoms. The van der Waals surface area contributed by atoms with Crippen molar-refractivity contribution in [2.45, 2.75) is 64.1 Å². The molecular weight excluding hydrogens is 364 g/mol. The molecule has 0 aliphatic carbocycles. The minimum absolute atomic E-state index is 0.0121. The molecular formula is C23H28N4O2. The second-order valence-corrected chi connectivity index (χ2v) is 9.34. The van der Waals surface area contributed by atoms with E-state index in [9.17, 15) is 5.11 Å². The van der Waals surface area contributed by atoms with Crippen molar-refractivity contribution >= 4 is 5.65 Å². The molecule has 29 heavy (non-hydrogen) atoms. The van der Waals surface area contributed by atoms with Crippen molar-refractivity contribution < 1.29 is 9.84 Å². The summed E-state index contributed by atoms with van der Waals surface area (Å²) in [6, 6.07) is 8.63. The van der Waals surface area contributed by atoms with E-state index in [-0.39, 0.29) is 11.2 Å². The number of aromatic nitrogens is 3. The molecule has 1 fully saturated rings. The van der Waals surface area contributed by atoms with Gasteiger partial charge in [-0.15, -0.1) is 0 Å². The number of aromatic hydroxyl groups is 1. The first-order chi connectivity index (χ1) is 13.8. The van der Waals surface area contributed by atoms with Gasteiger partial charge in [0.15, 0.2) is 17.1 Å². The maximum atomic E-state index is 9.89. The van der Waals surface area contributed by atoms with Gasteiger partial charge in [-0.3, -0.25) is 4.90 Å². The predicted molar refractivity (Wildman–Crippen MR) is 111 cm³/mol. The first-order valence-corrected chi connectivity index (χ1v) is 10.3. The normalized spacial score (nSPS) is 21.5. The summed E-state index contributed by atoms with van der Waals surface area (Å²) in [5, 5.41) is 14.8. The van der Waals surface area contributed by atoms with E-state index in [1.165, 1.54) is 17.7 Å². The van der Waals surface area contributed by atoms with Gasteiger partial charge in [-0.25, -0.2) is 9.50 Å². The van der Waals surface area contributed by atoms with Gasteiger partial charge in [0.2, 0.25) is 0 Å². The molecule has 0 spiro atoms. The monoisotopic (exact) mass is 392 g/mol. The number of fused-ring (bicyclic) bond motifs is 6. The summed E-state index contributed by atoms with van der Waals surface area (Å²) in [6.07, 6.45) is 5.39. The summed E-state index contributed by atoms with van der Waals surface area (Å²) in [7, 11) is 1.59. The molecule has 5 rings (SSSR count). The third-order valence-electron chi connectivity index (χ3n) is 6.42. The van der Waals surface area contributed by atoms with Crippen LogP contribution in [0.3, 0.4) is 0 Å². The van der Waals surface area contributed by atoms with Crippen LogP contribution in [0.15, 0.2) is 30.5 Å². The highest BCUT2D eigenvalue weighted by Gasteiger charge is 2.41. The van der Waals surface area contributed by atoms with Crippen LogP contribution < -0.4 is 4.74 Å². The number of ether oxygens (including phenoxy) is 1. The first-order valence-electron chi connectivity index (χ1n) is 10.3. The van der Waals surface area contributed by atoms with Crippen molar-refractivity contribution in [1.82, 2.24) is 19.5 Å². The van der Waals surface area contributed by atoms with Crippen LogP contribution in [0.2, 0.25) is 0 Å². The van der Waals surface area contributed by atoms with Crippen molar-refractivity contribution in [1.29, 1.82) is 0 Å². The van der Waals surface area contributed by atoms with Gasteiger partial charge in [-0.05, 0) is 30.5 Å². The molecule has 0 amide bonds.